The highest BCUT2D eigenvalue weighted by molar-refractivity contribution is 6.09. The fourth-order valence-corrected chi connectivity index (χ4v) is 3.78. The molecule has 2 fully saturated rings. The van der Waals surface area contributed by atoms with Crippen molar-refractivity contribution < 1.29 is 28.7 Å². The highest BCUT2D eigenvalue weighted by Gasteiger charge is 2.55. The lowest BCUT2D eigenvalue weighted by atomic mass is 9.73. The van der Waals surface area contributed by atoms with Crippen LogP contribution in [0.15, 0.2) is 30.3 Å². The first kappa shape index (κ1) is 20.5. The van der Waals surface area contributed by atoms with Gasteiger partial charge in [-0.25, -0.2) is 4.79 Å². The van der Waals surface area contributed by atoms with Gasteiger partial charge in [-0.2, -0.15) is 0 Å². The van der Waals surface area contributed by atoms with E-state index >= 15 is 0 Å². The SMILES string of the molecule is C[C@H]1CCCC[C@]12NC(=O)N(CC(=O)OCC(=O)NC(=O)c1ccccc1)C2=O. The van der Waals surface area contributed by atoms with Crippen molar-refractivity contribution >= 4 is 29.7 Å². The second-order valence-electron chi connectivity index (χ2n) is 7.34. The molecule has 2 atom stereocenters. The number of urea groups is 1. The maximum Gasteiger partial charge on any atom is 0.326 e. The van der Waals surface area contributed by atoms with Crippen molar-refractivity contribution in [3.63, 3.8) is 0 Å². The molecule has 1 aliphatic heterocycles. The number of benzene rings is 1. The minimum Gasteiger partial charge on any atom is -0.454 e. The summed E-state index contributed by atoms with van der Waals surface area (Å²) in [5.41, 5.74) is -0.673. The van der Waals surface area contributed by atoms with Crippen LogP contribution in [-0.4, -0.2) is 53.3 Å². The molecule has 1 saturated carbocycles. The molecule has 1 saturated heterocycles. The van der Waals surface area contributed by atoms with E-state index in [2.05, 4.69) is 10.6 Å². The van der Waals surface area contributed by atoms with Crippen LogP contribution in [0.4, 0.5) is 4.79 Å². The molecule has 2 N–H and O–H groups in total. The lowest BCUT2D eigenvalue weighted by Crippen LogP contribution is -2.54. The summed E-state index contributed by atoms with van der Waals surface area (Å²) in [6.45, 7) is 0.634. The summed E-state index contributed by atoms with van der Waals surface area (Å²) in [5.74, 6) is -2.79. The molecule has 0 aromatic heterocycles. The lowest BCUT2D eigenvalue weighted by molar-refractivity contribution is -0.151. The molecule has 29 heavy (non-hydrogen) atoms. The average molecular weight is 401 g/mol. The van der Waals surface area contributed by atoms with Gasteiger partial charge in [0.15, 0.2) is 6.61 Å². The van der Waals surface area contributed by atoms with Crippen LogP contribution in [0, 0.1) is 5.92 Å². The molecule has 0 unspecified atom stereocenters. The lowest BCUT2D eigenvalue weighted by Gasteiger charge is -2.36. The molecular weight excluding hydrogens is 378 g/mol. The van der Waals surface area contributed by atoms with E-state index in [0.29, 0.717) is 12.0 Å². The van der Waals surface area contributed by atoms with Gasteiger partial charge in [0.05, 0.1) is 0 Å². The van der Waals surface area contributed by atoms with Crippen molar-refractivity contribution in [3.8, 4) is 0 Å². The number of amides is 5. The summed E-state index contributed by atoms with van der Waals surface area (Å²) in [6.07, 6.45) is 3.17. The molecule has 1 aromatic carbocycles. The summed E-state index contributed by atoms with van der Waals surface area (Å²) in [5, 5.41) is 4.84. The molecule has 1 spiro atoms. The van der Waals surface area contributed by atoms with Crippen LogP contribution >= 0.6 is 0 Å². The van der Waals surface area contributed by atoms with Crippen molar-refractivity contribution in [2.75, 3.05) is 13.2 Å². The van der Waals surface area contributed by atoms with Crippen molar-refractivity contribution in [2.24, 2.45) is 5.92 Å². The average Bonchev–Trinajstić information content (AvgIpc) is 2.94. The number of carbonyl (C=O) groups excluding carboxylic acids is 5. The standard InChI is InChI=1S/C20H23N3O6/c1-13-7-5-6-10-20(13)18(27)23(19(28)22-20)11-16(25)29-12-15(24)21-17(26)14-8-3-2-4-9-14/h2-4,8-9,13H,5-7,10-12H2,1H3,(H,22,28)(H,21,24,26)/t13-,20-/m0/s1. The fourth-order valence-electron chi connectivity index (χ4n) is 3.78. The Morgan fingerprint density at radius 2 is 1.93 bits per heavy atom. The fraction of sp³-hybridized carbons (Fsp3) is 0.450. The van der Waals surface area contributed by atoms with E-state index < -0.39 is 48.4 Å². The Balaban J connectivity index is 1.50. The topological polar surface area (TPSA) is 122 Å². The molecule has 0 radical (unpaired) electrons. The molecule has 0 bridgehead atoms. The summed E-state index contributed by atoms with van der Waals surface area (Å²) >= 11 is 0. The third-order valence-corrected chi connectivity index (χ3v) is 5.44. The second kappa shape index (κ2) is 8.42. The van der Waals surface area contributed by atoms with Crippen LogP contribution in [0.5, 0.6) is 0 Å². The van der Waals surface area contributed by atoms with E-state index in [0.717, 1.165) is 24.2 Å². The highest BCUT2D eigenvalue weighted by atomic mass is 16.5. The maximum atomic E-state index is 12.8. The number of carbonyl (C=O) groups is 5. The van der Waals surface area contributed by atoms with Crippen molar-refractivity contribution in [2.45, 2.75) is 38.1 Å². The normalized spacial score (nSPS) is 23.6. The Labute approximate surface area is 167 Å². The van der Waals surface area contributed by atoms with E-state index in [1.54, 1.807) is 18.2 Å². The Morgan fingerprint density at radius 1 is 1.21 bits per heavy atom. The minimum atomic E-state index is -0.963. The molecule has 1 aromatic rings. The number of ether oxygens (including phenoxy) is 1. The molecular formula is C20H23N3O6. The van der Waals surface area contributed by atoms with Gasteiger partial charge in [-0.1, -0.05) is 38.0 Å². The largest absolute Gasteiger partial charge is 0.454 e. The molecule has 3 rings (SSSR count). The van der Waals surface area contributed by atoms with E-state index in [1.165, 1.54) is 12.1 Å². The van der Waals surface area contributed by atoms with E-state index in [9.17, 15) is 24.0 Å². The van der Waals surface area contributed by atoms with Crippen molar-refractivity contribution in [3.05, 3.63) is 35.9 Å². The van der Waals surface area contributed by atoms with Gasteiger partial charge in [0.25, 0.3) is 17.7 Å². The van der Waals surface area contributed by atoms with Crippen LogP contribution in [0.2, 0.25) is 0 Å². The predicted molar refractivity (Wildman–Crippen MR) is 100 cm³/mol. The molecule has 5 amide bonds. The van der Waals surface area contributed by atoms with Gasteiger partial charge < -0.3 is 10.1 Å². The number of esters is 1. The Morgan fingerprint density at radius 3 is 2.62 bits per heavy atom. The number of nitrogens with zero attached hydrogens (tertiary/aromatic N) is 1. The monoisotopic (exact) mass is 401 g/mol. The number of rotatable bonds is 5. The smallest absolute Gasteiger partial charge is 0.326 e. The molecule has 9 nitrogen and oxygen atoms in total. The highest BCUT2D eigenvalue weighted by Crippen LogP contribution is 2.38. The van der Waals surface area contributed by atoms with E-state index in [4.69, 9.17) is 4.74 Å². The first-order chi connectivity index (χ1) is 13.8. The van der Waals surface area contributed by atoms with Crippen LogP contribution in [0.25, 0.3) is 0 Å². The maximum absolute atomic E-state index is 12.8. The van der Waals surface area contributed by atoms with Gasteiger partial charge in [0, 0.05) is 5.56 Å². The van der Waals surface area contributed by atoms with E-state index in [1.807, 2.05) is 6.92 Å². The zero-order valence-electron chi connectivity index (χ0n) is 16.1. The van der Waals surface area contributed by atoms with Gasteiger partial charge in [-0.05, 0) is 30.9 Å². The minimum absolute atomic E-state index is 0.0245. The number of nitrogens with one attached hydrogen (secondary N) is 2. The van der Waals surface area contributed by atoms with Gasteiger partial charge in [-0.3, -0.25) is 29.4 Å². The van der Waals surface area contributed by atoms with Crippen molar-refractivity contribution in [1.29, 1.82) is 0 Å². The summed E-state index contributed by atoms with van der Waals surface area (Å²) < 4.78 is 4.82. The summed E-state index contributed by atoms with van der Waals surface area (Å²) in [4.78, 5) is 61.6. The number of hydrogen-bond donors (Lipinski definition) is 2. The predicted octanol–water partition coefficient (Wildman–Crippen LogP) is 0.987. The van der Waals surface area contributed by atoms with Gasteiger partial charge in [-0.15, -0.1) is 0 Å². The molecule has 1 heterocycles. The van der Waals surface area contributed by atoms with Crippen molar-refractivity contribution in [1.82, 2.24) is 15.5 Å². The third-order valence-electron chi connectivity index (χ3n) is 5.44. The van der Waals surface area contributed by atoms with Gasteiger partial charge in [0.2, 0.25) is 0 Å². The molecule has 9 heteroatoms. The third kappa shape index (κ3) is 4.28. The van der Waals surface area contributed by atoms with Gasteiger partial charge in [0.1, 0.15) is 12.1 Å². The van der Waals surface area contributed by atoms with Crippen LogP contribution in [0.3, 0.4) is 0 Å². The Kier molecular flexibility index (Phi) is 5.95. The quantitative estimate of drug-likeness (QED) is 0.560. The number of hydrogen-bond acceptors (Lipinski definition) is 6. The summed E-state index contributed by atoms with van der Waals surface area (Å²) in [7, 11) is 0. The zero-order chi connectivity index (χ0) is 21.0. The molecule has 154 valence electrons. The first-order valence-electron chi connectivity index (χ1n) is 9.52. The van der Waals surface area contributed by atoms with Crippen LogP contribution in [0.1, 0.15) is 43.0 Å². The van der Waals surface area contributed by atoms with E-state index in [-0.39, 0.29) is 5.92 Å². The van der Waals surface area contributed by atoms with Crippen LogP contribution in [-0.2, 0) is 19.1 Å². The molecule has 1 aliphatic carbocycles. The zero-order valence-corrected chi connectivity index (χ0v) is 16.1. The first-order valence-corrected chi connectivity index (χ1v) is 9.52. The number of imide groups is 2. The Bertz CT molecular complexity index is 840. The second-order valence-corrected chi connectivity index (χ2v) is 7.34. The van der Waals surface area contributed by atoms with Gasteiger partial charge >= 0.3 is 12.0 Å². The summed E-state index contributed by atoms with van der Waals surface area (Å²) in [6, 6.07) is 7.47. The van der Waals surface area contributed by atoms with Crippen LogP contribution < -0.4 is 10.6 Å². The molecule has 2 aliphatic rings. The Hall–Kier alpha value is -3.23.